The number of rotatable bonds is 14. The zero-order valence-corrected chi connectivity index (χ0v) is 50.8. The number of unbranched alkanes of at least 4 members (excludes halogenated alkanes) is 1. The van der Waals surface area contributed by atoms with E-state index in [1.165, 1.54) is 47.6 Å². The van der Waals surface area contributed by atoms with Gasteiger partial charge in [0.2, 0.25) is 0 Å². The largest absolute Gasteiger partial charge is 1.00 e. The number of hydrogen-bond acceptors (Lipinski definition) is 1. The number of halogens is 6. The second-order valence-corrected chi connectivity index (χ2v) is 29.9. The Bertz CT molecular complexity index is 2820. The van der Waals surface area contributed by atoms with Crippen LogP contribution in [0.4, 0.5) is 22.0 Å². The Morgan fingerprint density at radius 1 is 0.487 bits per heavy atom. The molecule has 6 aromatic rings. The van der Waals surface area contributed by atoms with Crippen molar-refractivity contribution in [1.82, 2.24) is 0 Å². The van der Waals surface area contributed by atoms with Gasteiger partial charge in [0.1, 0.15) is 27.0 Å². The summed E-state index contributed by atoms with van der Waals surface area (Å²) in [5.41, 5.74) is 5.32. The molecule has 1 fully saturated rings. The molecule has 76 heavy (non-hydrogen) atoms. The molecule has 0 N–H and O–H groups in total. The molecule has 0 aromatic heterocycles. The van der Waals surface area contributed by atoms with Gasteiger partial charge >= 0.3 is 18.9 Å². The molecule has 1 aliphatic heterocycles. The van der Waals surface area contributed by atoms with Gasteiger partial charge in [-0.3, -0.25) is 0 Å². The minimum absolute atomic E-state index is 0. The fourth-order valence-electron chi connectivity index (χ4n) is 8.83. The Kier molecular flexibility index (Phi) is 32.6. The summed E-state index contributed by atoms with van der Waals surface area (Å²) >= 11 is 3.60. The molecule has 1 heterocycles. The van der Waals surface area contributed by atoms with Gasteiger partial charge in [-0.25, -0.2) is 13.2 Å². The van der Waals surface area contributed by atoms with Crippen LogP contribution >= 0.6 is 15.9 Å². The van der Waals surface area contributed by atoms with Gasteiger partial charge in [-0.05, 0) is 101 Å². The van der Waals surface area contributed by atoms with E-state index in [0.29, 0.717) is 47.2 Å². The zero-order chi connectivity index (χ0) is 55.2. The van der Waals surface area contributed by atoms with Gasteiger partial charge in [0.25, 0.3) is 6.08 Å². The van der Waals surface area contributed by atoms with Crippen LogP contribution in [0.1, 0.15) is 140 Å². The van der Waals surface area contributed by atoms with Crippen molar-refractivity contribution >= 4 is 59.4 Å². The van der Waals surface area contributed by atoms with E-state index in [1.54, 1.807) is 26.8 Å². The van der Waals surface area contributed by atoms with E-state index in [9.17, 15) is 13.2 Å². The van der Waals surface area contributed by atoms with Gasteiger partial charge in [0.15, 0.2) is 5.83 Å². The van der Waals surface area contributed by atoms with Crippen molar-refractivity contribution in [2.75, 3.05) is 13.2 Å². The van der Waals surface area contributed by atoms with E-state index in [4.69, 9.17) is 4.74 Å². The fraction of sp³-hybridized carbons (Fsp3) is 0.379. The minimum atomic E-state index is -2.43. The van der Waals surface area contributed by atoms with Crippen LogP contribution in [0.3, 0.4) is 0 Å². The number of aryl methyl sites for hydroxylation is 2. The van der Waals surface area contributed by atoms with Crippen molar-refractivity contribution in [2.45, 2.75) is 150 Å². The summed E-state index contributed by atoms with van der Waals surface area (Å²) in [6.07, 6.45) is 7.22. The quantitative estimate of drug-likeness (QED) is 0.0457. The SMILES string of the molecule is C1CCOC1.CCCc1ccc(C#Cc2ccc(/C(F)=C(\F)[Si](CC)(CC)CC)c3ccccc23)cc1.CCCc1ccc(C#Cc2ccc(Br)c3ccccc23)cc1.CC[Si](CC)(CC)C(F)=C(F)F.[CH2-]CCC.[Li+]. The van der Waals surface area contributed by atoms with Crippen LogP contribution in [-0.2, 0) is 17.6 Å². The maximum absolute atomic E-state index is 15.5. The molecule has 0 amide bonds. The molecule has 0 radical (unpaired) electrons. The molecule has 10 heteroatoms. The topological polar surface area (TPSA) is 9.23 Å². The van der Waals surface area contributed by atoms with E-state index >= 15 is 8.78 Å². The summed E-state index contributed by atoms with van der Waals surface area (Å²) in [6.45, 7) is 23.4. The number of benzene rings is 6. The molecule has 1 saturated heterocycles. The van der Waals surface area contributed by atoms with Gasteiger partial charge in [-0.2, -0.15) is 15.2 Å². The Labute approximate surface area is 477 Å². The van der Waals surface area contributed by atoms with E-state index in [0.717, 1.165) is 71.0 Å². The summed E-state index contributed by atoms with van der Waals surface area (Å²) in [5.74, 6) is 12.4. The van der Waals surface area contributed by atoms with E-state index in [1.807, 2.05) is 63.2 Å². The van der Waals surface area contributed by atoms with Crippen LogP contribution < -0.4 is 18.9 Å². The van der Waals surface area contributed by atoms with Crippen LogP contribution in [0.5, 0.6) is 0 Å². The van der Waals surface area contributed by atoms with Crippen molar-refractivity contribution in [2.24, 2.45) is 0 Å². The van der Waals surface area contributed by atoms with Gasteiger partial charge < -0.3 is 11.7 Å². The van der Waals surface area contributed by atoms with Gasteiger partial charge in [-0.15, -0.1) is 0 Å². The molecule has 1 aliphatic rings. The Hall–Kier alpha value is -4.44. The number of fused-ring (bicyclic) bond motifs is 2. The monoisotopic (exact) mass is 1130 g/mol. The molecule has 0 saturated carbocycles. The van der Waals surface area contributed by atoms with Crippen LogP contribution in [0.25, 0.3) is 27.4 Å². The summed E-state index contributed by atoms with van der Waals surface area (Å²) < 4.78 is 74.1. The van der Waals surface area contributed by atoms with E-state index in [2.05, 4.69) is 140 Å². The van der Waals surface area contributed by atoms with Crippen molar-refractivity contribution in [3.63, 3.8) is 0 Å². The molecule has 1 nitrogen and oxygen atoms in total. The molecule has 0 atom stereocenters. The van der Waals surface area contributed by atoms with Crippen LogP contribution in [0.2, 0.25) is 36.3 Å². The molecule has 0 bridgehead atoms. The Morgan fingerprint density at radius 2 is 0.868 bits per heavy atom. The third-order valence-corrected chi connectivity index (χ3v) is 25.3. The van der Waals surface area contributed by atoms with Crippen molar-refractivity contribution in [1.29, 1.82) is 0 Å². The zero-order valence-electron chi connectivity index (χ0n) is 47.2. The first-order valence-corrected chi connectivity index (χ1v) is 33.3. The number of hydrogen-bond donors (Lipinski definition) is 0. The molecule has 0 spiro atoms. The van der Waals surface area contributed by atoms with Crippen molar-refractivity contribution in [3.05, 3.63) is 189 Å². The predicted molar refractivity (Wildman–Crippen MR) is 323 cm³/mol. The van der Waals surface area contributed by atoms with Crippen molar-refractivity contribution in [3.8, 4) is 23.7 Å². The molecule has 6 aromatic carbocycles. The first-order chi connectivity index (χ1) is 36.2. The standard InChI is InChI=1S/C29H32F2Si.C21H17Br.C8H15F3Si.C4H8O.C4H9.Li/c1-5-11-22-14-16-23(17-15-22)18-19-24-20-21-27(26-13-10-9-12-25(24)26)28(30)29(31)32(6-2,7-3)8-4;1-2-5-16-8-10-17(11-9-16)12-13-18-14-15-21(22)20-7-4-3-6-19(18)20;1-4-12(5-2,6-3)8(11)7(9)10;1-2-4-5-3-1;1-3-4-2;/h9-10,12-17,20-21H,5-8,11H2,1-4H3;3-4,6-11,14-15H,2,5H2,1H3;4-6H2,1-3H3;1-4H2;1,3-4H2,2H3;/q;;;;-1;+1/b29-28-;;;;;. The first kappa shape index (κ1) is 67.7. The summed E-state index contributed by atoms with van der Waals surface area (Å²) in [4.78, 5) is 0. The predicted octanol–water partition coefficient (Wildman–Crippen LogP) is 18.3. The first-order valence-electron chi connectivity index (χ1n) is 27.3. The van der Waals surface area contributed by atoms with Crippen LogP contribution in [-0.4, -0.2) is 29.4 Å². The second-order valence-electron chi connectivity index (χ2n) is 18.8. The maximum Gasteiger partial charge on any atom is 1.00 e. The minimum Gasteiger partial charge on any atom is -0.381 e. The third kappa shape index (κ3) is 20.1. The molecular formula is C66H81BrF5LiOSi2. The Morgan fingerprint density at radius 3 is 1.22 bits per heavy atom. The van der Waals surface area contributed by atoms with E-state index in [-0.39, 0.29) is 18.9 Å². The van der Waals surface area contributed by atoms with Gasteiger partial charge in [0.05, 0.1) is 0 Å². The van der Waals surface area contributed by atoms with Crippen molar-refractivity contribution < 1.29 is 45.5 Å². The summed E-state index contributed by atoms with van der Waals surface area (Å²) in [6, 6.07) is 44.2. The average molecular weight is 1130 g/mol. The van der Waals surface area contributed by atoms with Crippen LogP contribution in [0, 0.1) is 30.6 Å². The van der Waals surface area contributed by atoms with E-state index < -0.39 is 39.0 Å². The Balaban J connectivity index is 0.000000385. The number of ether oxygens (including phenoxy) is 1. The molecule has 0 aliphatic carbocycles. The van der Waals surface area contributed by atoms with Crippen LogP contribution in [0.15, 0.2) is 143 Å². The third-order valence-electron chi connectivity index (χ3n) is 14.2. The molecule has 402 valence electrons. The summed E-state index contributed by atoms with van der Waals surface area (Å²) in [5, 5.41) is 3.94. The van der Waals surface area contributed by atoms with Gasteiger partial charge in [-0.1, -0.05) is 236 Å². The molecular weight excluding hydrogens is 1050 g/mol. The maximum atomic E-state index is 15.5. The fourth-order valence-corrected chi connectivity index (χ4v) is 15.2. The molecule has 0 unspecified atom stereocenters. The smallest absolute Gasteiger partial charge is 0.381 e. The average Bonchev–Trinajstić information content (AvgIpc) is 4.06. The summed E-state index contributed by atoms with van der Waals surface area (Å²) in [7, 11) is -4.85. The van der Waals surface area contributed by atoms with Gasteiger partial charge in [0, 0.05) is 45.5 Å². The molecule has 7 rings (SSSR count). The normalized spacial score (nSPS) is 11.9. The second kappa shape index (κ2) is 36.6.